The highest BCUT2D eigenvalue weighted by atomic mass is 35.5. The van der Waals surface area contributed by atoms with Gasteiger partial charge in [-0.25, -0.2) is 18.4 Å². The Morgan fingerprint density at radius 1 is 1.00 bits per heavy atom. The van der Waals surface area contributed by atoms with Crippen LogP contribution in [0, 0.1) is 31.4 Å². The molecule has 1 amide bonds. The maximum absolute atomic E-state index is 14.9. The van der Waals surface area contributed by atoms with Gasteiger partial charge in [-0.15, -0.1) is 0 Å². The van der Waals surface area contributed by atoms with E-state index in [1.165, 1.54) is 18.6 Å². The van der Waals surface area contributed by atoms with Gasteiger partial charge in [-0.2, -0.15) is 5.10 Å². The number of amides is 1. The monoisotopic (exact) mass is 567 g/mol. The van der Waals surface area contributed by atoms with Crippen LogP contribution in [0.2, 0.25) is 5.02 Å². The lowest BCUT2D eigenvalue weighted by atomic mass is 9.86. The molecule has 3 aromatic rings. The van der Waals surface area contributed by atoms with Crippen molar-refractivity contribution in [3.8, 4) is 5.69 Å². The molecule has 2 heterocycles. The lowest BCUT2D eigenvalue weighted by molar-refractivity contribution is -0.137. The van der Waals surface area contributed by atoms with Crippen molar-refractivity contribution in [3.05, 3.63) is 75.8 Å². The largest absolute Gasteiger partial charge is 0.342 e. The van der Waals surface area contributed by atoms with Crippen LogP contribution in [-0.2, 0) is 4.79 Å². The van der Waals surface area contributed by atoms with E-state index in [4.69, 9.17) is 16.6 Å². The minimum atomic E-state index is -0.592. The summed E-state index contributed by atoms with van der Waals surface area (Å²) < 4.78 is 30.5. The first-order valence-corrected chi connectivity index (χ1v) is 14.8. The zero-order chi connectivity index (χ0) is 28.0. The lowest BCUT2D eigenvalue weighted by Gasteiger charge is -2.34. The molecule has 2 aromatic carbocycles. The predicted molar refractivity (Wildman–Crippen MR) is 151 cm³/mol. The third kappa shape index (κ3) is 5.40. The van der Waals surface area contributed by atoms with Crippen molar-refractivity contribution in [2.24, 2.45) is 5.92 Å². The average molecular weight is 568 g/mol. The Labute approximate surface area is 239 Å². The number of hydrogen-bond acceptors (Lipinski definition) is 4. The number of likely N-dealkylation sites (tertiary alicyclic amines) is 1. The van der Waals surface area contributed by atoms with Gasteiger partial charge in [-0.05, 0) is 93.7 Å². The molecular weight excluding hydrogens is 532 g/mol. The number of carbonyl (C=O) groups excluding carboxylic acids is 1. The quantitative estimate of drug-likeness (QED) is 0.384. The second-order valence-electron chi connectivity index (χ2n) is 11.8. The molecule has 1 saturated heterocycles. The third-order valence-corrected chi connectivity index (χ3v) is 9.54. The molecule has 0 spiro atoms. The van der Waals surface area contributed by atoms with Crippen molar-refractivity contribution < 1.29 is 13.6 Å². The molecule has 2 saturated carbocycles. The van der Waals surface area contributed by atoms with E-state index in [0.29, 0.717) is 48.4 Å². The summed E-state index contributed by atoms with van der Waals surface area (Å²) in [7, 11) is 0. The van der Waals surface area contributed by atoms with Crippen molar-refractivity contribution in [2.45, 2.75) is 82.7 Å². The number of nitrogens with one attached hydrogen (secondary N) is 1. The molecule has 6 nitrogen and oxygen atoms in total. The maximum Gasteiger partial charge on any atom is 0.226 e. The van der Waals surface area contributed by atoms with Crippen LogP contribution in [0.4, 0.5) is 8.78 Å². The van der Waals surface area contributed by atoms with Crippen molar-refractivity contribution in [3.63, 3.8) is 0 Å². The van der Waals surface area contributed by atoms with E-state index in [9.17, 15) is 13.6 Å². The Kier molecular flexibility index (Phi) is 7.66. The molecule has 3 aliphatic rings. The average Bonchev–Trinajstić information content (AvgIpc) is 3.51. The summed E-state index contributed by atoms with van der Waals surface area (Å²) in [6.45, 7) is 5.10. The Morgan fingerprint density at radius 3 is 2.45 bits per heavy atom. The SMILES string of the molecule is Cc1nc(C2CCN(C(=O)[C@@H]3CC(NC4CCC4)C[C@H]3c3ccc(F)cc3F)CC2)n(-c2ccc(Cl)c(C)c2)n1. The summed E-state index contributed by atoms with van der Waals surface area (Å²) in [5, 5.41) is 9.07. The van der Waals surface area contributed by atoms with Crippen LogP contribution < -0.4 is 5.32 Å². The number of aromatic nitrogens is 3. The van der Waals surface area contributed by atoms with E-state index in [0.717, 1.165) is 48.8 Å². The summed E-state index contributed by atoms with van der Waals surface area (Å²) in [5.41, 5.74) is 2.36. The van der Waals surface area contributed by atoms with E-state index in [1.54, 1.807) is 0 Å². The number of piperidine rings is 1. The molecule has 1 aliphatic heterocycles. The molecule has 1 unspecified atom stereocenters. The number of hydrogen-bond donors (Lipinski definition) is 1. The molecule has 1 aromatic heterocycles. The first-order chi connectivity index (χ1) is 19.3. The summed E-state index contributed by atoms with van der Waals surface area (Å²) in [4.78, 5) is 20.6. The second-order valence-corrected chi connectivity index (χ2v) is 12.2. The van der Waals surface area contributed by atoms with E-state index < -0.39 is 11.6 Å². The van der Waals surface area contributed by atoms with Crippen LogP contribution in [-0.4, -0.2) is 50.7 Å². The highest BCUT2D eigenvalue weighted by Crippen LogP contribution is 2.43. The molecule has 40 heavy (non-hydrogen) atoms. The second kappa shape index (κ2) is 11.2. The molecule has 9 heteroatoms. The zero-order valence-corrected chi connectivity index (χ0v) is 23.8. The van der Waals surface area contributed by atoms with Gasteiger partial charge in [0.15, 0.2) is 0 Å². The van der Waals surface area contributed by atoms with Crippen molar-refractivity contribution in [1.82, 2.24) is 25.0 Å². The van der Waals surface area contributed by atoms with Crippen LogP contribution in [0.3, 0.4) is 0 Å². The van der Waals surface area contributed by atoms with Crippen molar-refractivity contribution in [2.75, 3.05) is 13.1 Å². The van der Waals surface area contributed by atoms with E-state index in [1.807, 2.05) is 41.6 Å². The maximum atomic E-state index is 14.9. The normalized spacial score (nSPS) is 23.9. The predicted octanol–water partition coefficient (Wildman–Crippen LogP) is 6.23. The Morgan fingerprint density at radius 2 is 1.77 bits per heavy atom. The molecule has 3 fully saturated rings. The number of carbonyl (C=O) groups is 1. The van der Waals surface area contributed by atoms with Gasteiger partial charge < -0.3 is 10.2 Å². The molecule has 3 atom stereocenters. The van der Waals surface area contributed by atoms with Crippen LogP contribution in [0.25, 0.3) is 5.69 Å². The lowest BCUT2D eigenvalue weighted by Crippen LogP contribution is -2.43. The van der Waals surface area contributed by atoms with Gasteiger partial charge in [0.05, 0.1) is 5.69 Å². The first kappa shape index (κ1) is 27.3. The van der Waals surface area contributed by atoms with E-state index in [-0.39, 0.29) is 29.7 Å². The molecule has 0 bridgehead atoms. The standard InChI is InChI=1S/C31H36ClF2N5O/c1-18-14-24(7-9-28(18)32)39-30(35-19(2)37-39)20-10-12-38(13-11-20)31(40)27-17-23(36-22-4-3-5-22)16-26(27)25-8-6-21(33)15-29(25)34/h6-9,14-15,20,22-23,26-27,36H,3-5,10-13,16-17H2,1-2H3/t23?,26-,27+/m0/s1. The summed E-state index contributed by atoms with van der Waals surface area (Å²) >= 11 is 6.25. The Bertz CT molecular complexity index is 1400. The fourth-order valence-electron chi connectivity index (χ4n) is 6.74. The number of nitrogens with zero attached hydrogens (tertiary/aromatic N) is 4. The summed E-state index contributed by atoms with van der Waals surface area (Å²) in [6, 6.07) is 10.3. The van der Waals surface area contributed by atoms with Gasteiger partial charge in [-0.3, -0.25) is 4.79 Å². The Hall–Kier alpha value is -2.84. The first-order valence-electron chi connectivity index (χ1n) is 14.5. The number of halogens is 3. The summed E-state index contributed by atoms with van der Waals surface area (Å²) in [5.74, 6) is 0.131. The van der Waals surface area contributed by atoms with E-state index >= 15 is 0 Å². The molecule has 6 rings (SSSR count). The summed E-state index contributed by atoms with van der Waals surface area (Å²) in [6.07, 6.45) is 6.46. The molecule has 212 valence electrons. The highest BCUT2D eigenvalue weighted by Gasteiger charge is 2.44. The van der Waals surface area contributed by atoms with Gasteiger partial charge >= 0.3 is 0 Å². The molecule has 1 N–H and O–H groups in total. The van der Waals surface area contributed by atoms with Gasteiger partial charge in [0.25, 0.3) is 0 Å². The number of benzene rings is 2. The topological polar surface area (TPSA) is 63.1 Å². The van der Waals surface area contributed by atoms with Crippen LogP contribution in [0.15, 0.2) is 36.4 Å². The van der Waals surface area contributed by atoms with Crippen LogP contribution in [0.1, 0.15) is 79.6 Å². The fourth-order valence-corrected chi connectivity index (χ4v) is 6.86. The van der Waals surface area contributed by atoms with Crippen molar-refractivity contribution >= 4 is 17.5 Å². The molecule has 0 radical (unpaired) electrons. The van der Waals surface area contributed by atoms with Gasteiger partial charge in [-0.1, -0.05) is 24.1 Å². The van der Waals surface area contributed by atoms with E-state index in [2.05, 4.69) is 10.4 Å². The van der Waals surface area contributed by atoms with Crippen LogP contribution in [0.5, 0.6) is 0 Å². The van der Waals surface area contributed by atoms with Crippen LogP contribution >= 0.6 is 11.6 Å². The minimum absolute atomic E-state index is 0.0797. The van der Waals surface area contributed by atoms with Gasteiger partial charge in [0, 0.05) is 48.1 Å². The smallest absolute Gasteiger partial charge is 0.226 e. The highest BCUT2D eigenvalue weighted by molar-refractivity contribution is 6.31. The minimum Gasteiger partial charge on any atom is -0.342 e. The third-order valence-electron chi connectivity index (χ3n) is 9.11. The number of rotatable bonds is 6. The van der Waals surface area contributed by atoms with Crippen molar-refractivity contribution in [1.29, 1.82) is 0 Å². The zero-order valence-electron chi connectivity index (χ0n) is 23.0. The van der Waals surface area contributed by atoms with Gasteiger partial charge in [0.1, 0.15) is 23.3 Å². The molecular formula is C31H36ClF2N5O. The Balaban J connectivity index is 1.18. The van der Waals surface area contributed by atoms with Gasteiger partial charge in [0.2, 0.25) is 5.91 Å². The number of aryl methyl sites for hydroxylation is 2. The fraction of sp³-hybridized carbons (Fsp3) is 0.516. The molecule has 2 aliphatic carbocycles.